The molecule has 2 aromatic rings. The second-order valence-electron chi connectivity index (χ2n) is 6.17. The van der Waals surface area contributed by atoms with Crippen molar-refractivity contribution in [2.75, 3.05) is 11.4 Å². The minimum absolute atomic E-state index is 0.0332. The first-order chi connectivity index (χ1) is 12.0. The van der Waals surface area contributed by atoms with Gasteiger partial charge in [-0.2, -0.15) is 5.10 Å². The Morgan fingerprint density at radius 2 is 2.20 bits per heavy atom. The van der Waals surface area contributed by atoms with Gasteiger partial charge in [-0.15, -0.1) is 0 Å². The average Bonchev–Trinajstić information content (AvgIpc) is 2.96. The van der Waals surface area contributed by atoms with Crippen molar-refractivity contribution in [3.63, 3.8) is 0 Å². The highest BCUT2D eigenvalue weighted by molar-refractivity contribution is 6.30. The van der Waals surface area contributed by atoms with Gasteiger partial charge in [0.1, 0.15) is 5.82 Å². The van der Waals surface area contributed by atoms with Crippen LogP contribution in [-0.4, -0.2) is 28.1 Å². The predicted molar refractivity (Wildman–Crippen MR) is 96.5 cm³/mol. The fraction of sp³-hybridized carbons (Fsp3) is 0.389. The van der Waals surface area contributed by atoms with Gasteiger partial charge in [-0.3, -0.25) is 14.5 Å². The van der Waals surface area contributed by atoms with Crippen LogP contribution < -0.4 is 10.2 Å². The zero-order valence-electron chi connectivity index (χ0n) is 14.2. The molecule has 2 heterocycles. The maximum absolute atomic E-state index is 12.2. The summed E-state index contributed by atoms with van der Waals surface area (Å²) in [5.41, 5.74) is 1.86. The minimum atomic E-state index is -0.0332. The molecule has 0 fully saturated rings. The summed E-state index contributed by atoms with van der Waals surface area (Å²) in [6.45, 7) is 3.51. The van der Waals surface area contributed by atoms with Crippen LogP contribution in [0.3, 0.4) is 0 Å². The highest BCUT2D eigenvalue weighted by atomic mass is 35.5. The number of rotatable bonds is 6. The Labute approximate surface area is 151 Å². The molecule has 1 aromatic heterocycles. The summed E-state index contributed by atoms with van der Waals surface area (Å²) in [6.07, 6.45) is 1.43. The molecule has 1 aliphatic rings. The average molecular weight is 361 g/mol. The summed E-state index contributed by atoms with van der Waals surface area (Å²) < 4.78 is 1.86. The molecule has 0 saturated heterocycles. The summed E-state index contributed by atoms with van der Waals surface area (Å²) >= 11 is 5.93. The lowest BCUT2D eigenvalue weighted by Crippen LogP contribution is -2.38. The zero-order chi connectivity index (χ0) is 17.8. The van der Waals surface area contributed by atoms with Crippen molar-refractivity contribution in [2.45, 2.75) is 39.3 Å². The van der Waals surface area contributed by atoms with E-state index in [1.807, 2.05) is 35.9 Å². The minimum Gasteiger partial charge on any atom is -0.352 e. The molecular weight excluding hydrogens is 340 g/mol. The summed E-state index contributed by atoms with van der Waals surface area (Å²) in [5.74, 6) is 0.883. The number of fused-ring (bicyclic) bond motifs is 1. The van der Waals surface area contributed by atoms with Gasteiger partial charge < -0.3 is 5.32 Å². The second kappa shape index (κ2) is 7.70. The quantitative estimate of drug-likeness (QED) is 0.861. The number of carbonyl (C=O) groups excluding carboxylic acids is 2. The number of halogens is 1. The van der Waals surface area contributed by atoms with Crippen molar-refractivity contribution >= 4 is 29.2 Å². The molecule has 1 aliphatic heterocycles. The van der Waals surface area contributed by atoms with E-state index in [1.54, 1.807) is 11.0 Å². The van der Waals surface area contributed by atoms with E-state index in [-0.39, 0.29) is 11.8 Å². The molecule has 0 bridgehead atoms. The van der Waals surface area contributed by atoms with Crippen LogP contribution in [0.5, 0.6) is 0 Å². The third-order valence-electron chi connectivity index (χ3n) is 4.16. The molecule has 25 heavy (non-hydrogen) atoms. The van der Waals surface area contributed by atoms with Crippen LogP contribution >= 0.6 is 11.6 Å². The molecule has 1 N–H and O–H groups in total. The number of hydrogen-bond donors (Lipinski definition) is 1. The summed E-state index contributed by atoms with van der Waals surface area (Å²) in [5, 5.41) is 7.92. The van der Waals surface area contributed by atoms with Crippen molar-refractivity contribution < 1.29 is 9.59 Å². The van der Waals surface area contributed by atoms with E-state index in [1.165, 1.54) is 0 Å². The molecule has 0 saturated carbocycles. The van der Waals surface area contributed by atoms with Gasteiger partial charge >= 0.3 is 0 Å². The number of aromatic nitrogens is 2. The van der Waals surface area contributed by atoms with Crippen LogP contribution in [0.2, 0.25) is 5.02 Å². The van der Waals surface area contributed by atoms with E-state index in [9.17, 15) is 9.59 Å². The first-order valence-electron chi connectivity index (χ1n) is 8.39. The van der Waals surface area contributed by atoms with Crippen molar-refractivity contribution in [3.05, 3.63) is 46.6 Å². The number of amides is 2. The lowest BCUT2D eigenvalue weighted by molar-refractivity contribution is -0.122. The first-order valence-corrected chi connectivity index (χ1v) is 8.77. The number of benzene rings is 1. The summed E-state index contributed by atoms with van der Waals surface area (Å²) in [4.78, 5) is 25.9. The van der Waals surface area contributed by atoms with Crippen molar-refractivity contribution in [1.82, 2.24) is 15.1 Å². The number of anilines is 1. The van der Waals surface area contributed by atoms with E-state index >= 15 is 0 Å². The normalized spacial score (nSPS) is 13.7. The van der Waals surface area contributed by atoms with Crippen LogP contribution in [-0.2, 0) is 22.7 Å². The Hall–Kier alpha value is -2.34. The Balaban J connectivity index is 1.47. The van der Waals surface area contributed by atoms with Gasteiger partial charge in [0.15, 0.2) is 0 Å². The maximum atomic E-state index is 12.2. The molecule has 0 unspecified atom stereocenters. The summed E-state index contributed by atoms with van der Waals surface area (Å²) in [6, 6.07) is 9.32. The predicted octanol–water partition coefficient (Wildman–Crippen LogP) is 2.68. The molecule has 0 aliphatic carbocycles. The number of aryl methyl sites for hydroxylation is 2. The van der Waals surface area contributed by atoms with E-state index in [4.69, 9.17) is 11.6 Å². The van der Waals surface area contributed by atoms with E-state index < -0.39 is 0 Å². The zero-order valence-corrected chi connectivity index (χ0v) is 14.9. The fourth-order valence-electron chi connectivity index (χ4n) is 2.95. The first kappa shape index (κ1) is 17.5. The SMILES string of the molecule is Cc1cc2n(n1)CCC(=O)N2CCCC(=O)NCc1cccc(Cl)c1. The van der Waals surface area contributed by atoms with Crippen LogP contribution in [0.4, 0.5) is 5.82 Å². The highest BCUT2D eigenvalue weighted by Gasteiger charge is 2.25. The fourth-order valence-corrected chi connectivity index (χ4v) is 3.16. The smallest absolute Gasteiger partial charge is 0.229 e. The summed E-state index contributed by atoms with van der Waals surface area (Å²) in [7, 11) is 0. The molecule has 1 aromatic carbocycles. The number of nitrogens with one attached hydrogen (secondary N) is 1. The second-order valence-corrected chi connectivity index (χ2v) is 6.61. The third-order valence-corrected chi connectivity index (χ3v) is 4.40. The molecule has 3 rings (SSSR count). The van der Waals surface area contributed by atoms with E-state index in [0.717, 1.165) is 17.1 Å². The largest absolute Gasteiger partial charge is 0.352 e. The standard InChI is InChI=1S/C18H21ClN4O2/c1-13-10-17-22(18(25)7-9-23(17)21-13)8-3-6-16(24)20-12-14-4-2-5-15(19)11-14/h2,4-5,10-11H,3,6-9,12H2,1H3,(H,20,24). The molecular formula is C18H21ClN4O2. The molecule has 2 amide bonds. The maximum Gasteiger partial charge on any atom is 0.229 e. The van der Waals surface area contributed by atoms with Gasteiger partial charge in [0.2, 0.25) is 11.8 Å². The molecule has 132 valence electrons. The Kier molecular flexibility index (Phi) is 5.38. The molecule has 0 spiro atoms. The topological polar surface area (TPSA) is 67.2 Å². The number of carbonyl (C=O) groups is 2. The van der Waals surface area contributed by atoms with Gasteiger partial charge in [-0.05, 0) is 31.0 Å². The third kappa shape index (κ3) is 4.39. The number of hydrogen-bond acceptors (Lipinski definition) is 3. The Morgan fingerprint density at radius 1 is 1.36 bits per heavy atom. The highest BCUT2D eigenvalue weighted by Crippen LogP contribution is 2.22. The van der Waals surface area contributed by atoms with E-state index in [0.29, 0.717) is 43.9 Å². The Bertz CT molecular complexity index is 787. The lowest BCUT2D eigenvalue weighted by Gasteiger charge is -2.27. The van der Waals surface area contributed by atoms with E-state index in [2.05, 4.69) is 10.4 Å². The molecule has 6 nitrogen and oxygen atoms in total. The van der Waals surface area contributed by atoms with Gasteiger partial charge in [0.25, 0.3) is 0 Å². The number of nitrogens with zero attached hydrogens (tertiary/aromatic N) is 3. The lowest BCUT2D eigenvalue weighted by atomic mass is 10.2. The van der Waals surface area contributed by atoms with Gasteiger partial charge in [0.05, 0.1) is 12.2 Å². The van der Waals surface area contributed by atoms with Crippen LogP contribution in [0.15, 0.2) is 30.3 Å². The monoisotopic (exact) mass is 360 g/mol. The molecule has 0 atom stereocenters. The van der Waals surface area contributed by atoms with Crippen LogP contribution in [0.25, 0.3) is 0 Å². The van der Waals surface area contributed by atoms with Crippen LogP contribution in [0.1, 0.15) is 30.5 Å². The van der Waals surface area contributed by atoms with Gasteiger partial charge in [-0.1, -0.05) is 23.7 Å². The van der Waals surface area contributed by atoms with Gasteiger partial charge in [-0.25, -0.2) is 4.68 Å². The van der Waals surface area contributed by atoms with Gasteiger partial charge in [0, 0.05) is 37.0 Å². The van der Waals surface area contributed by atoms with Crippen molar-refractivity contribution in [3.8, 4) is 0 Å². The molecule has 0 radical (unpaired) electrons. The van der Waals surface area contributed by atoms with Crippen LogP contribution in [0, 0.1) is 6.92 Å². The van der Waals surface area contributed by atoms with Crippen molar-refractivity contribution in [2.24, 2.45) is 0 Å². The molecule has 7 heteroatoms. The Morgan fingerprint density at radius 3 is 3.00 bits per heavy atom. The van der Waals surface area contributed by atoms with Crippen molar-refractivity contribution in [1.29, 1.82) is 0 Å².